The lowest BCUT2D eigenvalue weighted by Gasteiger charge is -2.13. The van der Waals surface area contributed by atoms with Crippen molar-refractivity contribution in [1.82, 2.24) is 15.0 Å². The molecule has 1 aromatic heterocycles. The van der Waals surface area contributed by atoms with Crippen molar-refractivity contribution in [2.45, 2.75) is 20.8 Å². The molecule has 3 aromatic rings. The summed E-state index contributed by atoms with van der Waals surface area (Å²) < 4.78 is 19.0. The Morgan fingerprint density at radius 1 is 0.885 bits per heavy atom. The second-order valence-electron chi connectivity index (χ2n) is 5.98. The van der Waals surface area contributed by atoms with Crippen LogP contribution in [0.5, 0.6) is 11.8 Å². The smallest absolute Gasteiger partial charge is 0.328 e. The molecule has 0 bridgehead atoms. The first-order chi connectivity index (χ1) is 12.4. The first-order valence-electron chi connectivity index (χ1n) is 8.16. The maximum Gasteiger partial charge on any atom is 0.328 e. The summed E-state index contributed by atoms with van der Waals surface area (Å²) in [5, 5.41) is 5.91. The molecule has 2 aromatic carbocycles. The largest absolute Gasteiger partial charge is 0.424 e. The molecule has 0 aliphatic carbocycles. The van der Waals surface area contributed by atoms with Gasteiger partial charge in [-0.3, -0.25) is 0 Å². The summed E-state index contributed by atoms with van der Waals surface area (Å²) in [6.45, 7) is 6.00. The molecule has 0 aliphatic rings. The van der Waals surface area contributed by atoms with Crippen LogP contribution in [0.15, 0.2) is 36.4 Å². The number of benzene rings is 2. The van der Waals surface area contributed by atoms with Crippen LogP contribution in [0.2, 0.25) is 0 Å². The fourth-order valence-corrected chi connectivity index (χ4v) is 2.65. The lowest BCUT2D eigenvalue weighted by atomic mass is 10.1. The average Bonchev–Trinajstić information content (AvgIpc) is 2.60. The van der Waals surface area contributed by atoms with E-state index in [0.717, 1.165) is 22.4 Å². The maximum atomic E-state index is 13.1. The molecule has 7 heteroatoms. The number of aromatic nitrogens is 3. The predicted molar refractivity (Wildman–Crippen MR) is 99.8 cm³/mol. The Labute approximate surface area is 151 Å². The van der Waals surface area contributed by atoms with E-state index in [0.29, 0.717) is 17.6 Å². The number of hydrogen-bond donors (Lipinski definition) is 2. The fraction of sp³-hybridized carbons (Fsp3) is 0.211. The molecule has 0 amide bonds. The monoisotopic (exact) mass is 353 g/mol. The minimum absolute atomic E-state index is 0.170. The summed E-state index contributed by atoms with van der Waals surface area (Å²) >= 11 is 0. The van der Waals surface area contributed by atoms with E-state index in [4.69, 9.17) is 4.74 Å². The van der Waals surface area contributed by atoms with Crippen LogP contribution in [-0.2, 0) is 0 Å². The molecule has 0 saturated carbocycles. The second kappa shape index (κ2) is 7.35. The number of rotatable bonds is 5. The molecule has 6 nitrogen and oxygen atoms in total. The van der Waals surface area contributed by atoms with E-state index in [1.807, 2.05) is 32.9 Å². The van der Waals surface area contributed by atoms with Gasteiger partial charge in [-0.2, -0.15) is 15.0 Å². The van der Waals surface area contributed by atoms with Crippen molar-refractivity contribution in [2.24, 2.45) is 0 Å². The highest BCUT2D eigenvalue weighted by Gasteiger charge is 2.12. The molecule has 3 rings (SSSR count). The van der Waals surface area contributed by atoms with Gasteiger partial charge >= 0.3 is 6.01 Å². The number of nitrogens with zero attached hydrogens (tertiary/aromatic N) is 3. The number of halogens is 1. The predicted octanol–water partition coefficient (Wildman–Crippen LogP) is 4.51. The van der Waals surface area contributed by atoms with Crippen LogP contribution in [0.4, 0.5) is 22.0 Å². The van der Waals surface area contributed by atoms with Crippen molar-refractivity contribution in [1.29, 1.82) is 0 Å². The van der Waals surface area contributed by atoms with Gasteiger partial charge in [-0.1, -0.05) is 17.7 Å². The minimum Gasteiger partial charge on any atom is -0.424 e. The van der Waals surface area contributed by atoms with E-state index in [9.17, 15) is 4.39 Å². The third kappa shape index (κ3) is 4.05. The zero-order chi connectivity index (χ0) is 18.7. The van der Waals surface area contributed by atoms with Crippen LogP contribution in [-0.4, -0.2) is 22.0 Å². The fourth-order valence-electron chi connectivity index (χ4n) is 2.65. The molecule has 2 N–H and O–H groups in total. The molecule has 0 atom stereocenters. The summed E-state index contributed by atoms with van der Waals surface area (Å²) in [5.41, 5.74) is 3.83. The van der Waals surface area contributed by atoms with Gasteiger partial charge in [0.25, 0.3) is 0 Å². The third-order valence-corrected chi connectivity index (χ3v) is 3.74. The Kier molecular flexibility index (Phi) is 4.97. The summed E-state index contributed by atoms with van der Waals surface area (Å²) in [6.07, 6.45) is 0. The third-order valence-electron chi connectivity index (χ3n) is 3.74. The molecular weight excluding hydrogens is 333 g/mol. The van der Waals surface area contributed by atoms with Crippen molar-refractivity contribution in [3.05, 3.63) is 58.9 Å². The normalized spacial score (nSPS) is 10.5. The van der Waals surface area contributed by atoms with Gasteiger partial charge in [0.15, 0.2) is 0 Å². The summed E-state index contributed by atoms with van der Waals surface area (Å²) in [4.78, 5) is 12.8. The van der Waals surface area contributed by atoms with Gasteiger partial charge in [0.2, 0.25) is 11.9 Å². The van der Waals surface area contributed by atoms with E-state index in [1.54, 1.807) is 19.2 Å². The minimum atomic E-state index is -0.309. The Bertz CT molecular complexity index is 905. The number of anilines is 3. The Morgan fingerprint density at radius 2 is 1.50 bits per heavy atom. The van der Waals surface area contributed by atoms with E-state index >= 15 is 0 Å². The first kappa shape index (κ1) is 17.6. The number of ether oxygens (including phenoxy) is 1. The van der Waals surface area contributed by atoms with Crippen molar-refractivity contribution in [3.8, 4) is 11.8 Å². The number of hydrogen-bond acceptors (Lipinski definition) is 6. The lowest BCUT2D eigenvalue weighted by Crippen LogP contribution is -2.06. The molecule has 1 heterocycles. The van der Waals surface area contributed by atoms with E-state index in [1.165, 1.54) is 12.1 Å². The number of aryl methyl sites for hydroxylation is 3. The van der Waals surface area contributed by atoms with Gasteiger partial charge in [0.05, 0.1) is 0 Å². The van der Waals surface area contributed by atoms with E-state index in [-0.39, 0.29) is 11.8 Å². The van der Waals surface area contributed by atoms with Gasteiger partial charge < -0.3 is 15.4 Å². The Morgan fingerprint density at radius 3 is 2.12 bits per heavy atom. The van der Waals surface area contributed by atoms with E-state index in [2.05, 4.69) is 25.6 Å². The highest BCUT2D eigenvalue weighted by Crippen LogP contribution is 2.29. The quantitative estimate of drug-likeness (QED) is 0.703. The number of nitrogens with one attached hydrogen (secondary N) is 2. The lowest BCUT2D eigenvalue weighted by molar-refractivity contribution is 0.435. The molecule has 0 radical (unpaired) electrons. The van der Waals surface area contributed by atoms with Crippen LogP contribution >= 0.6 is 0 Å². The van der Waals surface area contributed by atoms with Crippen LogP contribution in [0.3, 0.4) is 0 Å². The second-order valence-corrected chi connectivity index (χ2v) is 5.98. The Hall–Kier alpha value is -3.22. The van der Waals surface area contributed by atoms with Crippen molar-refractivity contribution < 1.29 is 9.13 Å². The molecule has 0 fully saturated rings. The van der Waals surface area contributed by atoms with Gasteiger partial charge in [-0.25, -0.2) is 4.39 Å². The van der Waals surface area contributed by atoms with E-state index < -0.39 is 0 Å². The first-order valence-corrected chi connectivity index (χ1v) is 8.16. The topological polar surface area (TPSA) is 72.0 Å². The van der Waals surface area contributed by atoms with Crippen LogP contribution < -0.4 is 15.4 Å². The van der Waals surface area contributed by atoms with Crippen molar-refractivity contribution in [3.63, 3.8) is 0 Å². The van der Waals surface area contributed by atoms with Gasteiger partial charge in [0, 0.05) is 12.7 Å². The standard InChI is InChI=1S/C19H20FN5O/c1-11-9-12(2)16(13(3)10-11)26-19-24-17(21-4)23-18(25-19)22-15-7-5-14(20)6-8-15/h5-10H,1-4H3,(H2,21,22,23,24,25). The molecule has 0 unspecified atom stereocenters. The van der Waals surface area contributed by atoms with Crippen LogP contribution in [0.1, 0.15) is 16.7 Å². The summed E-state index contributed by atoms with van der Waals surface area (Å²) in [5.74, 6) is 1.07. The molecule has 134 valence electrons. The van der Waals surface area contributed by atoms with Gasteiger partial charge in [-0.05, 0) is 56.2 Å². The van der Waals surface area contributed by atoms with Crippen LogP contribution in [0, 0.1) is 26.6 Å². The molecular formula is C19H20FN5O. The summed E-state index contributed by atoms with van der Waals surface area (Å²) in [7, 11) is 1.71. The highest BCUT2D eigenvalue weighted by molar-refractivity contribution is 5.54. The van der Waals surface area contributed by atoms with Crippen molar-refractivity contribution in [2.75, 3.05) is 17.7 Å². The van der Waals surface area contributed by atoms with Gasteiger partial charge in [-0.15, -0.1) is 0 Å². The zero-order valence-corrected chi connectivity index (χ0v) is 15.1. The molecule has 0 aliphatic heterocycles. The summed E-state index contributed by atoms with van der Waals surface area (Å²) in [6, 6.07) is 10.2. The van der Waals surface area contributed by atoms with Gasteiger partial charge in [0.1, 0.15) is 11.6 Å². The maximum absolute atomic E-state index is 13.1. The molecule has 26 heavy (non-hydrogen) atoms. The van der Waals surface area contributed by atoms with Crippen molar-refractivity contribution >= 4 is 17.6 Å². The SMILES string of the molecule is CNc1nc(Nc2ccc(F)cc2)nc(Oc2c(C)cc(C)cc2C)n1. The molecule has 0 spiro atoms. The Balaban J connectivity index is 1.91. The average molecular weight is 353 g/mol. The highest BCUT2D eigenvalue weighted by atomic mass is 19.1. The molecule has 0 saturated heterocycles. The zero-order valence-electron chi connectivity index (χ0n) is 15.1. The van der Waals surface area contributed by atoms with Crippen LogP contribution in [0.25, 0.3) is 0 Å².